The van der Waals surface area contributed by atoms with Crippen LogP contribution in [0.3, 0.4) is 0 Å². The summed E-state index contributed by atoms with van der Waals surface area (Å²) in [5.41, 5.74) is 0. The molecule has 0 radical (unpaired) electrons. The molecule has 2 heterocycles. The molecular weight excluding hydrogens is 267 g/mol. The van der Waals surface area contributed by atoms with Gasteiger partial charge in [-0.05, 0) is 37.6 Å². The molecule has 1 aliphatic rings. The number of nitrogens with one attached hydrogen (secondary N) is 2. The second-order valence-corrected chi connectivity index (χ2v) is 5.39. The Labute approximate surface area is 110 Å². The van der Waals surface area contributed by atoms with Crippen molar-refractivity contribution in [2.45, 2.75) is 6.42 Å². The zero-order chi connectivity index (χ0) is 10.7. The standard InChI is InChI=1S/C10H13ClN2OS.ClH/c11-9-2-1-8(15-9)10(14)13-6-7-3-4-12-5-7;/h1-2,7,12H,3-6H2,(H,13,14);1H. The fraction of sp³-hybridized carbons (Fsp3) is 0.500. The fourth-order valence-electron chi connectivity index (χ4n) is 1.65. The molecule has 2 N–H and O–H groups in total. The minimum Gasteiger partial charge on any atom is -0.351 e. The second-order valence-electron chi connectivity index (χ2n) is 3.67. The Morgan fingerprint density at radius 2 is 2.44 bits per heavy atom. The van der Waals surface area contributed by atoms with Crippen LogP contribution in [0.5, 0.6) is 0 Å². The summed E-state index contributed by atoms with van der Waals surface area (Å²) in [7, 11) is 0. The second kappa shape index (κ2) is 6.45. The average Bonchev–Trinajstić information content (AvgIpc) is 2.84. The predicted molar refractivity (Wildman–Crippen MR) is 69.9 cm³/mol. The zero-order valence-corrected chi connectivity index (χ0v) is 11.1. The minimum absolute atomic E-state index is 0. The lowest BCUT2D eigenvalue weighted by Gasteiger charge is -2.08. The maximum absolute atomic E-state index is 11.6. The third-order valence-corrected chi connectivity index (χ3v) is 3.74. The first-order chi connectivity index (χ1) is 7.25. The van der Waals surface area contributed by atoms with Gasteiger partial charge in [-0.25, -0.2) is 0 Å². The first-order valence-corrected chi connectivity index (χ1v) is 6.19. The number of hydrogen-bond donors (Lipinski definition) is 2. The Kier molecular flexibility index (Phi) is 5.55. The molecule has 1 saturated heterocycles. The smallest absolute Gasteiger partial charge is 0.261 e. The molecule has 0 aromatic carbocycles. The highest BCUT2D eigenvalue weighted by molar-refractivity contribution is 7.17. The predicted octanol–water partition coefficient (Wildman–Crippen LogP) is 2.16. The third-order valence-electron chi connectivity index (χ3n) is 2.51. The van der Waals surface area contributed by atoms with Gasteiger partial charge in [0, 0.05) is 6.54 Å². The molecule has 1 aromatic heterocycles. The number of carbonyl (C=O) groups excluding carboxylic acids is 1. The van der Waals surface area contributed by atoms with Crippen molar-refractivity contribution in [3.8, 4) is 0 Å². The third kappa shape index (κ3) is 3.63. The molecule has 1 aromatic rings. The molecule has 0 saturated carbocycles. The van der Waals surface area contributed by atoms with Crippen LogP contribution < -0.4 is 10.6 Å². The van der Waals surface area contributed by atoms with Crippen molar-refractivity contribution >= 4 is 41.3 Å². The van der Waals surface area contributed by atoms with Gasteiger partial charge in [-0.15, -0.1) is 23.7 Å². The minimum atomic E-state index is -0.0150. The van der Waals surface area contributed by atoms with Crippen LogP contribution >= 0.6 is 35.3 Å². The average molecular weight is 281 g/mol. The normalized spacial score (nSPS) is 19.2. The summed E-state index contributed by atoms with van der Waals surface area (Å²) in [5.74, 6) is 0.559. The van der Waals surface area contributed by atoms with E-state index in [1.54, 1.807) is 12.1 Å². The molecule has 1 fully saturated rings. The van der Waals surface area contributed by atoms with E-state index in [1.807, 2.05) is 0 Å². The van der Waals surface area contributed by atoms with Crippen LogP contribution in [0.4, 0.5) is 0 Å². The van der Waals surface area contributed by atoms with E-state index in [-0.39, 0.29) is 18.3 Å². The molecule has 0 bridgehead atoms. The van der Waals surface area contributed by atoms with E-state index in [4.69, 9.17) is 11.6 Å². The van der Waals surface area contributed by atoms with Gasteiger partial charge >= 0.3 is 0 Å². The van der Waals surface area contributed by atoms with E-state index in [0.29, 0.717) is 15.1 Å². The van der Waals surface area contributed by atoms with E-state index in [9.17, 15) is 4.79 Å². The van der Waals surface area contributed by atoms with Crippen molar-refractivity contribution < 1.29 is 4.79 Å². The number of halogens is 2. The Balaban J connectivity index is 0.00000128. The summed E-state index contributed by atoms with van der Waals surface area (Å²) in [5, 5.41) is 6.20. The number of rotatable bonds is 3. The van der Waals surface area contributed by atoms with Crippen molar-refractivity contribution in [3.05, 3.63) is 21.3 Å². The Morgan fingerprint density at radius 3 is 3.00 bits per heavy atom. The fourth-order valence-corrected chi connectivity index (χ4v) is 2.61. The van der Waals surface area contributed by atoms with E-state index in [1.165, 1.54) is 11.3 Å². The Bertz CT molecular complexity index is 350. The van der Waals surface area contributed by atoms with E-state index >= 15 is 0 Å². The topological polar surface area (TPSA) is 41.1 Å². The summed E-state index contributed by atoms with van der Waals surface area (Å²) < 4.78 is 0.655. The van der Waals surface area contributed by atoms with Gasteiger partial charge in [-0.3, -0.25) is 4.79 Å². The molecule has 0 spiro atoms. The van der Waals surface area contributed by atoms with Crippen LogP contribution in [0.2, 0.25) is 4.34 Å². The van der Waals surface area contributed by atoms with Gasteiger partial charge in [0.05, 0.1) is 9.21 Å². The lowest BCUT2D eigenvalue weighted by molar-refractivity contribution is 0.0952. The molecule has 1 unspecified atom stereocenters. The highest BCUT2D eigenvalue weighted by atomic mass is 35.5. The van der Waals surface area contributed by atoms with Gasteiger partial charge in [0.2, 0.25) is 0 Å². The maximum Gasteiger partial charge on any atom is 0.261 e. The molecular formula is C10H14Cl2N2OS. The molecule has 2 rings (SSSR count). The lowest BCUT2D eigenvalue weighted by atomic mass is 10.1. The van der Waals surface area contributed by atoms with Gasteiger partial charge in [0.1, 0.15) is 0 Å². The van der Waals surface area contributed by atoms with Crippen molar-refractivity contribution in [1.82, 2.24) is 10.6 Å². The van der Waals surface area contributed by atoms with E-state index < -0.39 is 0 Å². The van der Waals surface area contributed by atoms with Crippen molar-refractivity contribution in [2.24, 2.45) is 5.92 Å². The highest BCUT2D eigenvalue weighted by Crippen LogP contribution is 2.21. The molecule has 3 nitrogen and oxygen atoms in total. The number of amides is 1. The molecule has 0 aliphatic carbocycles. The maximum atomic E-state index is 11.6. The van der Waals surface area contributed by atoms with Crippen LogP contribution in [0.15, 0.2) is 12.1 Å². The first kappa shape index (κ1) is 13.8. The molecule has 1 atom stereocenters. The Hall–Kier alpha value is -0.290. The molecule has 90 valence electrons. The van der Waals surface area contributed by atoms with E-state index in [2.05, 4.69) is 10.6 Å². The van der Waals surface area contributed by atoms with Crippen LogP contribution in [0.1, 0.15) is 16.1 Å². The van der Waals surface area contributed by atoms with Crippen LogP contribution in [0.25, 0.3) is 0 Å². The Morgan fingerprint density at radius 1 is 1.62 bits per heavy atom. The summed E-state index contributed by atoms with van der Waals surface area (Å²) in [6.45, 7) is 2.82. The van der Waals surface area contributed by atoms with Gasteiger partial charge in [0.25, 0.3) is 5.91 Å². The van der Waals surface area contributed by atoms with Crippen molar-refractivity contribution in [1.29, 1.82) is 0 Å². The van der Waals surface area contributed by atoms with Gasteiger partial charge in [-0.1, -0.05) is 11.6 Å². The number of thiophene rings is 1. The summed E-state index contributed by atoms with van der Waals surface area (Å²) in [6.07, 6.45) is 1.14. The summed E-state index contributed by atoms with van der Waals surface area (Å²) in [6, 6.07) is 3.51. The first-order valence-electron chi connectivity index (χ1n) is 5.00. The molecule has 16 heavy (non-hydrogen) atoms. The van der Waals surface area contributed by atoms with Gasteiger partial charge in [-0.2, -0.15) is 0 Å². The van der Waals surface area contributed by atoms with E-state index in [0.717, 1.165) is 26.1 Å². The van der Waals surface area contributed by atoms with Crippen LogP contribution in [0, 0.1) is 5.92 Å². The van der Waals surface area contributed by atoms with Crippen LogP contribution in [-0.2, 0) is 0 Å². The van der Waals surface area contributed by atoms with Gasteiger partial charge in [0.15, 0.2) is 0 Å². The summed E-state index contributed by atoms with van der Waals surface area (Å²) >= 11 is 7.08. The number of carbonyl (C=O) groups is 1. The molecule has 1 aliphatic heterocycles. The largest absolute Gasteiger partial charge is 0.351 e. The van der Waals surface area contributed by atoms with Gasteiger partial charge < -0.3 is 10.6 Å². The monoisotopic (exact) mass is 280 g/mol. The lowest BCUT2D eigenvalue weighted by Crippen LogP contribution is -2.29. The van der Waals surface area contributed by atoms with Crippen LogP contribution in [-0.4, -0.2) is 25.5 Å². The summed E-state index contributed by atoms with van der Waals surface area (Å²) in [4.78, 5) is 12.3. The molecule has 1 amide bonds. The molecule has 6 heteroatoms. The SMILES string of the molecule is Cl.O=C(NCC1CCNC1)c1ccc(Cl)s1. The van der Waals surface area contributed by atoms with Crippen molar-refractivity contribution in [3.63, 3.8) is 0 Å². The zero-order valence-electron chi connectivity index (χ0n) is 8.66. The quantitative estimate of drug-likeness (QED) is 0.891. The van der Waals surface area contributed by atoms with Crippen molar-refractivity contribution in [2.75, 3.05) is 19.6 Å². The highest BCUT2D eigenvalue weighted by Gasteiger charge is 2.16. The number of hydrogen-bond acceptors (Lipinski definition) is 3.